The molecule has 0 saturated carbocycles. The van der Waals surface area contributed by atoms with Gasteiger partial charge in [0.1, 0.15) is 0 Å². The smallest absolute Gasteiger partial charge is 0.267 e. The largest absolute Gasteiger partial charge is 0.281 e. The van der Waals surface area contributed by atoms with Crippen molar-refractivity contribution in [1.29, 1.82) is 0 Å². The molecule has 46 heavy (non-hydrogen) atoms. The van der Waals surface area contributed by atoms with E-state index < -0.39 is 0 Å². The zero-order chi connectivity index (χ0) is 31.4. The van der Waals surface area contributed by atoms with Crippen molar-refractivity contribution in [3.8, 4) is 44.8 Å². The molecule has 0 unspecified atom stereocenters. The molecule has 6 aromatic carbocycles. The molecule has 2 amide bonds. The van der Waals surface area contributed by atoms with Gasteiger partial charge in [-0.15, -0.1) is 0 Å². The minimum atomic E-state index is -0.339. The topological polar surface area (TPSA) is 42.3 Å². The van der Waals surface area contributed by atoms with E-state index in [9.17, 15) is 9.59 Å². The summed E-state index contributed by atoms with van der Waals surface area (Å²) in [7, 11) is 0. The molecule has 1 aromatic heterocycles. The Balaban J connectivity index is 1.55. The Labute approximate surface area is 267 Å². The molecule has 2 heterocycles. The van der Waals surface area contributed by atoms with E-state index in [4.69, 9.17) is 0 Å². The summed E-state index contributed by atoms with van der Waals surface area (Å²) in [5.41, 5.74) is 10.8. The van der Waals surface area contributed by atoms with E-state index >= 15 is 0 Å². The van der Waals surface area contributed by atoms with E-state index in [1.54, 1.807) is 24.3 Å². The van der Waals surface area contributed by atoms with Crippen molar-refractivity contribution in [2.24, 2.45) is 0 Å². The molecule has 4 heteroatoms. The highest BCUT2D eigenvalue weighted by molar-refractivity contribution is 6.31. The van der Waals surface area contributed by atoms with Crippen LogP contribution in [0.5, 0.6) is 0 Å². The molecule has 0 atom stereocenters. The number of nitrogens with zero attached hydrogens (tertiary/aromatic N) is 2. The molecule has 1 aliphatic rings. The fraction of sp³-hybridized carbons (Fsp3) is 0.0476. The van der Waals surface area contributed by atoms with Gasteiger partial charge in [-0.2, -0.15) is 5.01 Å². The van der Waals surface area contributed by atoms with Crippen molar-refractivity contribution in [3.05, 3.63) is 168 Å². The summed E-state index contributed by atoms with van der Waals surface area (Å²) in [6.07, 6.45) is 0. The van der Waals surface area contributed by atoms with Crippen molar-refractivity contribution in [3.63, 3.8) is 0 Å². The van der Waals surface area contributed by atoms with Gasteiger partial charge < -0.3 is 0 Å². The number of carbonyl (C=O) groups is 2. The highest BCUT2D eigenvalue weighted by Gasteiger charge is 2.40. The monoisotopic (exact) mass is 594 g/mol. The zero-order valence-electron chi connectivity index (χ0n) is 25.6. The van der Waals surface area contributed by atoms with Gasteiger partial charge in [-0.25, -0.2) is 4.68 Å². The summed E-state index contributed by atoms with van der Waals surface area (Å²) in [5, 5.41) is 3.24. The first-order valence-electron chi connectivity index (χ1n) is 15.4. The van der Waals surface area contributed by atoms with E-state index in [2.05, 4.69) is 123 Å². The molecule has 1 aliphatic heterocycles. The molecule has 0 N–H and O–H groups in total. The second kappa shape index (κ2) is 10.9. The summed E-state index contributed by atoms with van der Waals surface area (Å²) in [6, 6.07) is 48.9. The number of aryl methyl sites for hydroxylation is 2. The lowest BCUT2D eigenvalue weighted by Crippen LogP contribution is -2.40. The molecule has 4 nitrogen and oxygen atoms in total. The maximum atomic E-state index is 14.2. The van der Waals surface area contributed by atoms with E-state index in [0.29, 0.717) is 11.1 Å². The van der Waals surface area contributed by atoms with Crippen LogP contribution in [0.25, 0.3) is 55.5 Å². The molecule has 8 rings (SSSR count). The van der Waals surface area contributed by atoms with Crippen molar-refractivity contribution >= 4 is 22.6 Å². The third kappa shape index (κ3) is 4.38. The number of fused-ring (bicyclic) bond motifs is 2. The molecule has 7 aromatic rings. The van der Waals surface area contributed by atoms with Crippen molar-refractivity contribution in [2.75, 3.05) is 5.01 Å². The molecule has 0 aliphatic carbocycles. The summed E-state index contributed by atoms with van der Waals surface area (Å²) in [4.78, 5) is 28.4. The van der Waals surface area contributed by atoms with E-state index in [1.165, 1.54) is 5.01 Å². The summed E-state index contributed by atoms with van der Waals surface area (Å²) in [5.74, 6) is -0.677. The highest BCUT2D eigenvalue weighted by atomic mass is 16.2. The van der Waals surface area contributed by atoms with Crippen LogP contribution in [0, 0.1) is 13.8 Å². The van der Waals surface area contributed by atoms with Crippen LogP contribution in [-0.2, 0) is 0 Å². The van der Waals surface area contributed by atoms with Gasteiger partial charge in [-0.3, -0.25) is 9.59 Å². The average Bonchev–Trinajstić information content (AvgIpc) is 3.55. The summed E-state index contributed by atoms with van der Waals surface area (Å²) >= 11 is 0. The van der Waals surface area contributed by atoms with Gasteiger partial charge in [0.15, 0.2) is 0 Å². The zero-order valence-corrected chi connectivity index (χ0v) is 25.6. The van der Waals surface area contributed by atoms with E-state index in [-0.39, 0.29) is 11.8 Å². The Morgan fingerprint density at radius 3 is 1.15 bits per heavy atom. The Kier molecular flexibility index (Phi) is 6.50. The molecule has 0 bridgehead atoms. The van der Waals surface area contributed by atoms with Crippen molar-refractivity contribution < 1.29 is 9.59 Å². The highest BCUT2D eigenvalue weighted by Crippen LogP contribution is 2.46. The van der Waals surface area contributed by atoms with Crippen LogP contribution < -0.4 is 5.01 Å². The van der Waals surface area contributed by atoms with Crippen LogP contribution in [0.1, 0.15) is 31.8 Å². The summed E-state index contributed by atoms with van der Waals surface area (Å²) < 4.78 is 1.87. The fourth-order valence-corrected chi connectivity index (χ4v) is 6.58. The third-order valence-corrected chi connectivity index (χ3v) is 8.88. The van der Waals surface area contributed by atoms with Crippen LogP contribution in [0.3, 0.4) is 0 Å². The maximum absolute atomic E-state index is 14.2. The molecule has 0 saturated heterocycles. The number of rotatable bonds is 5. The summed E-state index contributed by atoms with van der Waals surface area (Å²) in [6.45, 7) is 4.12. The molecule has 0 radical (unpaired) electrons. The van der Waals surface area contributed by atoms with Gasteiger partial charge in [-0.1, -0.05) is 132 Å². The first-order chi connectivity index (χ1) is 22.5. The molecule has 0 fully saturated rings. The normalized spacial score (nSPS) is 12.6. The van der Waals surface area contributed by atoms with Crippen molar-refractivity contribution in [1.82, 2.24) is 4.68 Å². The quantitative estimate of drug-likeness (QED) is 0.186. The average molecular weight is 595 g/mol. The predicted molar refractivity (Wildman–Crippen MR) is 186 cm³/mol. The first-order valence-corrected chi connectivity index (χ1v) is 15.4. The molecular formula is C42H30N2O2. The third-order valence-electron chi connectivity index (χ3n) is 8.88. The lowest BCUT2D eigenvalue weighted by molar-refractivity contribution is 0.0888. The van der Waals surface area contributed by atoms with Gasteiger partial charge in [0.05, 0.1) is 22.5 Å². The van der Waals surface area contributed by atoms with Gasteiger partial charge in [0.25, 0.3) is 11.8 Å². The predicted octanol–water partition coefficient (Wildman–Crippen LogP) is 9.86. The van der Waals surface area contributed by atoms with Gasteiger partial charge in [0, 0.05) is 21.9 Å². The number of aromatic nitrogens is 1. The lowest BCUT2D eigenvalue weighted by atomic mass is 9.90. The number of carbonyl (C=O) groups excluding carboxylic acids is 2. The minimum Gasteiger partial charge on any atom is -0.267 e. The number of hydrogen-bond acceptors (Lipinski definition) is 2. The Bertz CT molecular complexity index is 2120. The lowest BCUT2D eigenvalue weighted by Gasteiger charge is -2.22. The first kappa shape index (κ1) is 27.5. The van der Waals surface area contributed by atoms with E-state index in [1.807, 2.05) is 16.8 Å². The Hall–Kier alpha value is -6.00. The van der Waals surface area contributed by atoms with E-state index in [0.717, 1.165) is 66.7 Å². The standard InChI is InChI=1S/C42H30N2O2/c1-27-17-21-31(22-18-27)39-37-25-35(29-11-5-3-6-12-29)36(30-13-7-4-8-14-30)26-38(37)40(32-23-19-28(2)20-24-32)43(39)44-41(45)33-15-9-10-16-34(33)42(44)46/h3-26H,1-2H3. The van der Waals surface area contributed by atoms with Crippen LogP contribution in [0.4, 0.5) is 0 Å². The van der Waals surface area contributed by atoms with Crippen LogP contribution >= 0.6 is 0 Å². The second-order valence-electron chi connectivity index (χ2n) is 11.9. The molecule has 0 spiro atoms. The van der Waals surface area contributed by atoms with Crippen molar-refractivity contribution in [2.45, 2.75) is 13.8 Å². The van der Waals surface area contributed by atoms with Gasteiger partial charge in [0.2, 0.25) is 0 Å². The van der Waals surface area contributed by atoms with Gasteiger partial charge >= 0.3 is 0 Å². The maximum Gasteiger partial charge on any atom is 0.281 e. The minimum absolute atomic E-state index is 0.339. The Morgan fingerprint density at radius 1 is 0.391 bits per heavy atom. The number of imide groups is 1. The number of hydrogen-bond donors (Lipinski definition) is 0. The molecular weight excluding hydrogens is 564 g/mol. The SMILES string of the molecule is Cc1ccc(-c2c3cc(-c4ccccc4)c(-c4ccccc4)cc3c(-c3ccc(C)cc3)n2N2C(=O)c3ccccc3C2=O)cc1. The van der Waals surface area contributed by atoms with Gasteiger partial charge in [-0.05, 0) is 60.4 Å². The van der Waals surface area contributed by atoms with Crippen LogP contribution in [0.2, 0.25) is 0 Å². The number of benzene rings is 6. The second-order valence-corrected chi connectivity index (χ2v) is 11.9. The fourth-order valence-electron chi connectivity index (χ4n) is 6.58. The van der Waals surface area contributed by atoms with Crippen LogP contribution in [-0.4, -0.2) is 16.5 Å². The molecule has 220 valence electrons. The van der Waals surface area contributed by atoms with Crippen LogP contribution in [0.15, 0.2) is 146 Å². The number of amides is 2. The Morgan fingerprint density at radius 2 is 0.761 bits per heavy atom.